The van der Waals surface area contributed by atoms with Gasteiger partial charge in [-0.05, 0) is 24.7 Å². The molecule has 0 aromatic heterocycles. The van der Waals surface area contributed by atoms with Gasteiger partial charge in [-0.25, -0.2) is 0 Å². The molecule has 0 aliphatic heterocycles. The van der Waals surface area contributed by atoms with E-state index in [2.05, 4.69) is 11.7 Å². The SMILES string of the molecule is COC(=O)CC(C)C1CCC(C)CC1=O. The van der Waals surface area contributed by atoms with E-state index in [1.807, 2.05) is 6.92 Å². The zero-order chi connectivity index (χ0) is 11.4. The smallest absolute Gasteiger partial charge is 0.305 e. The molecule has 3 unspecified atom stereocenters. The zero-order valence-corrected chi connectivity index (χ0v) is 9.79. The maximum absolute atomic E-state index is 11.8. The summed E-state index contributed by atoms with van der Waals surface area (Å²) in [5, 5.41) is 0. The van der Waals surface area contributed by atoms with E-state index in [0.29, 0.717) is 24.5 Å². The fraction of sp³-hybridized carbons (Fsp3) is 0.833. The first kappa shape index (κ1) is 12.2. The van der Waals surface area contributed by atoms with Crippen LogP contribution in [-0.4, -0.2) is 18.9 Å². The number of carbonyl (C=O) groups is 2. The predicted molar refractivity (Wildman–Crippen MR) is 57.3 cm³/mol. The Morgan fingerprint density at radius 2 is 2.20 bits per heavy atom. The Bertz CT molecular complexity index is 247. The van der Waals surface area contributed by atoms with Gasteiger partial charge in [0, 0.05) is 18.8 Å². The number of hydrogen-bond donors (Lipinski definition) is 0. The van der Waals surface area contributed by atoms with Crippen molar-refractivity contribution in [3.05, 3.63) is 0 Å². The molecule has 1 saturated carbocycles. The van der Waals surface area contributed by atoms with Gasteiger partial charge in [-0.15, -0.1) is 0 Å². The van der Waals surface area contributed by atoms with Crippen LogP contribution in [0.25, 0.3) is 0 Å². The van der Waals surface area contributed by atoms with Gasteiger partial charge in [-0.1, -0.05) is 13.8 Å². The quantitative estimate of drug-likeness (QED) is 0.673. The molecule has 0 radical (unpaired) electrons. The minimum absolute atomic E-state index is 0.0697. The molecule has 1 fully saturated rings. The first-order valence-corrected chi connectivity index (χ1v) is 5.64. The van der Waals surface area contributed by atoms with Crippen LogP contribution in [0.4, 0.5) is 0 Å². The maximum Gasteiger partial charge on any atom is 0.305 e. The van der Waals surface area contributed by atoms with Gasteiger partial charge in [0.15, 0.2) is 0 Å². The average molecular weight is 212 g/mol. The highest BCUT2D eigenvalue weighted by Gasteiger charge is 2.31. The van der Waals surface area contributed by atoms with Crippen molar-refractivity contribution in [2.45, 2.75) is 39.5 Å². The average Bonchev–Trinajstić information content (AvgIpc) is 2.17. The molecule has 0 N–H and O–H groups in total. The van der Waals surface area contributed by atoms with Crippen LogP contribution in [0.2, 0.25) is 0 Å². The highest BCUT2D eigenvalue weighted by atomic mass is 16.5. The summed E-state index contributed by atoms with van der Waals surface area (Å²) in [6.07, 6.45) is 3.07. The summed E-state index contributed by atoms with van der Waals surface area (Å²) in [6, 6.07) is 0. The number of carbonyl (C=O) groups excluding carboxylic acids is 2. The van der Waals surface area contributed by atoms with E-state index in [1.165, 1.54) is 7.11 Å². The van der Waals surface area contributed by atoms with Crippen LogP contribution in [0.15, 0.2) is 0 Å². The van der Waals surface area contributed by atoms with E-state index >= 15 is 0 Å². The molecule has 1 aliphatic carbocycles. The molecule has 0 heterocycles. The number of esters is 1. The van der Waals surface area contributed by atoms with Crippen molar-refractivity contribution < 1.29 is 14.3 Å². The summed E-state index contributed by atoms with van der Waals surface area (Å²) in [5.41, 5.74) is 0. The standard InChI is InChI=1S/C12H20O3/c1-8-4-5-10(11(13)6-8)9(2)7-12(14)15-3/h8-10H,4-7H2,1-3H3. The first-order chi connectivity index (χ1) is 7.04. The lowest BCUT2D eigenvalue weighted by atomic mass is 9.75. The van der Waals surface area contributed by atoms with Crippen LogP contribution < -0.4 is 0 Å². The lowest BCUT2D eigenvalue weighted by Gasteiger charge is -2.28. The summed E-state index contributed by atoms with van der Waals surface area (Å²) in [5.74, 6) is 0.816. The molecule has 3 heteroatoms. The molecule has 3 nitrogen and oxygen atoms in total. The predicted octanol–water partition coefficient (Wildman–Crippen LogP) is 2.19. The summed E-state index contributed by atoms with van der Waals surface area (Å²) in [4.78, 5) is 22.9. The number of methoxy groups -OCH3 is 1. The number of hydrogen-bond acceptors (Lipinski definition) is 3. The molecule has 1 aliphatic rings. The third-order valence-electron chi connectivity index (χ3n) is 3.34. The zero-order valence-electron chi connectivity index (χ0n) is 9.79. The van der Waals surface area contributed by atoms with Crippen LogP contribution in [0.5, 0.6) is 0 Å². The number of ether oxygens (including phenoxy) is 1. The molecular formula is C12H20O3. The van der Waals surface area contributed by atoms with Gasteiger partial charge in [0.1, 0.15) is 5.78 Å². The Kier molecular flexibility index (Phi) is 4.30. The van der Waals surface area contributed by atoms with Gasteiger partial charge in [0.25, 0.3) is 0 Å². The molecule has 1 rings (SSSR count). The Labute approximate surface area is 91.2 Å². The van der Waals surface area contributed by atoms with E-state index in [4.69, 9.17) is 0 Å². The minimum atomic E-state index is -0.214. The molecule has 0 aromatic rings. The van der Waals surface area contributed by atoms with E-state index < -0.39 is 0 Å². The van der Waals surface area contributed by atoms with Crippen LogP contribution >= 0.6 is 0 Å². The Morgan fingerprint density at radius 3 is 2.73 bits per heavy atom. The molecule has 86 valence electrons. The normalized spacial score (nSPS) is 28.6. The maximum atomic E-state index is 11.8. The second kappa shape index (κ2) is 5.29. The van der Waals surface area contributed by atoms with E-state index in [0.717, 1.165) is 12.8 Å². The summed E-state index contributed by atoms with van der Waals surface area (Å²) in [7, 11) is 1.39. The van der Waals surface area contributed by atoms with Crippen LogP contribution in [0, 0.1) is 17.8 Å². The molecular weight excluding hydrogens is 192 g/mol. The molecule has 0 aromatic carbocycles. The lowest BCUT2D eigenvalue weighted by molar-refractivity contribution is -0.142. The van der Waals surface area contributed by atoms with Gasteiger partial charge < -0.3 is 4.74 Å². The van der Waals surface area contributed by atoms with Crippen molar-refractivity contribution in [3.63, 3.8) is 0 Å². The third kappa shape index (κ3) is 3.33. The Hall–Kier alpha value is -0.860. The third-order valence-corrected chi connectivity index (χ3v) is 3.34. The monoisotopic (exact) mass is 212 g/mol. The fourth-order valence-electron chi connectivity index (χ4n) is 2.31. The van der Waals surface area contributed by atoms with Gasteiger partial charge in [0.2, 0.25) is 0 Å². The van der Waals surface area contributed by atoms with E-state index in [9.17, 15) is 9.59 Å². The largest absolute Gasteiger partial charge is 0.469 e. The van der Waals surface area contributed by atoms with Gasteiger partial charge in [-0.2, -0.15) is 0 Å². The Balaban J connectivity index is 2.48. The van der Waals surface area contributed by atoms with Gasteiger partial charge in [0.05, 0.1) is 7.11 Å². The van der Waals surface area contributed by atoms with Crippen molar-refractivity contribution >= 4 is 11.8 Å². The molecule has 0 amide bonds. The van der Waals surface area contributed by atoms with Crippen LogP contribution in [-0.2, 0) is 14.3 Å². The molecule has 15 heavy (non-hydrogen) atoms. The highest BCUT2D eigenvalue weighted by Crippen LogP contribution is 2.31. The number of Topliss-reactive ketones (excluding diaryl/α,β-unsaturated/α-hetero) is 1. The molecule has 3 atom stereocenters. The second-order valence-electron chi connectivity index (χ2n) is 4.72. The van der Waals surface area contributed by atoms with Crippen molar-refractivity contribution in [1.82, 2.24) is 0 Å². The van der Waals surface area contributed by atoms with Crippen molar-refractivity contribution in [1.29, 1.82) is 0 Å². The van der Waals surface area contributed by atoms with Gasteiger partial charge >= 0.3 is 5.97 Å². The highest BCUT2D eigenvalue weighted by molar-refractivity contribution is 5.83. The summed E-state index contributed by atoms with van der Waals surface area (Å²) >= 11 is 0. The first-order valence-electron chi connectivity index (χ1n) is 5.64. The molecule has 0 spiro atoms. The lowest BCUT2D eigenvalue weighted by Crippen LogP contribution is -2.30. The molecule has 0 saturated heterocycles. The number of rotatable bonds is 3. The van der Waals surface area contributed by atoms with Crippen molar-refractivity contribution in [2.24, 2.45) is 17.8 Å². The minimum Gasteiger partial charge on any atom is -0.469 e. The summed E-state index contributed by atoms with van der Waals surface area (Å²) in [6.45, 7) is 4.08. The van der Waals surface area contributed by atoms with Crippen LogP contribution in [0.3, 0.4) is 0 Å². The van der Waals surface area contributed by atoms with Crippen LogP contribution in [0.1, 0.15) is 39.5 Å². The Morgan fingerprint density at radius 1 is 1.53 bits per heavy atom. The fourth-order valence-corrected chi connectivity index (χ4v) is 2.31. The number of ketones is 1. The van der Waals surface area contributed by atoms with Crippen molar-refractivity contribution in [3.8, 4) is 0 Å². The summed E-state index contributed by atoms with van der Waals surface area (Å²) < 4.78 is 4.62. The molecule has 0 bridgehead atoms. The van der Waals surface area contributed by atoms with Crippen molar-refractivity contribution in [2.75, 3.05) is 7.11 Å². The van der Waals surface area contributed by atoms with E-state index in [1.54, 1.807) is 0 Å². The second-order valence-corrected chi connectivity index (χ2v) is 4.72. The van der Waals surface area contributed by atoms with Gasteiger partial charge in [-0.3, -0.25) is 9.59 Å². The topological polar surface area (TPSA) is 43.4 Å². The van der Waals surface area contributed by atoms with E-state index in [-0.39, 0.29) is 17.8 Å².